The average molecular weight is 382 g/mol. The van der Waals surface area contributed by atoms with Gasteiger partial charge in [0.1, 0.15) is 11.9 Å². The molecule has 3 N–H and O–H groups in total. The number of nitrogens with two attached hydrogens (primary N) is 1. The summed E-state index contributed by atoms with van der Waals surface area (Å²) in [4.78, 5) is 48.0. The molecule has 0 saturated carbocycles. The van der Waals surface area contributed by atoms with Gasteiger partial charge in [0.05, 0.1) is 32.0 Å². The van der Waals surface area contributed by atoms with Gasteiger partial charge in [-0.3, -0.25) is 19.2 Å². The van der Waals surface area contributed by atoms with Gasteiger partial charge in [-0.25, -0.2) is 4.39 Å². The molecule has 1 aromatic carbocycles. The molecule has 27 heavy (non-hydrogen) atoms. The van der Waals surface area contributed by atoms with Crippen LogP contribution in [0.5, 0.6) is 0 Å². The minimum Gasteiger partial charge on any atom is -0.466 e. The van der Waals surface area contributed by atoms with Gasteiger partial charge in [-0.1, -0.05) is 12.1 Å². The lowest BCUT2D eigenvalue weighted by Crippen LogP contribution is -2.52. The molecule has 0 aliphatic carbocycles. The van der Waals surface area contributed by atoms with Gasteiger partial charge in [-0.15, -0.1) is 0 Å². The van der Waals surface area contributed by atoms with Gasteiger partial charge in [0.2, 0.25) is 11.8 Å². The molecule has 0 aromatic heterocycles. The monoisotopic (exact) mass is 382 g/mol. The summed E-state index contributed by atoms with van der Waals surface area (Å²) in [5, 5.41) is 2.33. The Morgan fingerprint density at radius 2 is 1.81 bits per heavy atom. The van der Waals surface area contributed by atoms with Crippen LogP contribution in [0.3, 0.4) is 0 Å². The van der Waals surface area contributed by atoms with Crippen LogP contribution in [0.2, 0.25) is 0 Å². The number of carbonyl (C=O) groups excluding carboxylic acids is 4. The second-order valence-corrected chi connectivity index (χ2v) is 5.62. The van der Waals surface area contributed by atoms with E-state index in [1.807, 2.05) is 0 Å². The van der Waals surface area contributed by atoms with Gasteiger partial charge in [-0.2, -0.15) is 0 Å². The van der Waals surface area contributed by atoms with Gasteiger partial charge in [0, 0.05) is 0 Å². The van der Waals surface area contributed by atoms with Crippen molar-refractivity contribution in [3.8, 4) is 0 Å². The standard InChI is InChI=1S/C18H23FN2O6/c1-3-26-15(23)10-13(18(25)27-4-2)16(17(20)24)21-14(22)9-11-6-5-7-12(19)8-11/h5-8,13,16H,3-4,9-10H2,1-2H3,(H2,20,24)(H,21,22)/t13-,16-/m1/s1. The highest BCUT2D eigenvalue weighted by Gasteiger charge is 2.37. The molecule has 0 spiro atoms. The summed E-state index contributed by atoms with van der Waals surface area (Å²) in [6.45, 7) is 3.24. The van der Waals surface area contributed by atoms with Gasteiger partial charge in [0.25, 0.3) is 0 Å². The Bertz CT molecular complexity index is 694. The van der Waals surface area contributed by atoms with Crippen LogP contribution in [0, 0.1) is 11.7 Å². The summed E-state index contributed by atoms with van der Waals surface area (Å²) >= 11 is 0. The third-order valence-electron chi connectivity index (χ3n) is 3.56. The zero-order valence-electron chi connectivity index (χ0n) is 15.2. The van der Waals surface area contributed by atoms with Crippen LogP contribution in [-0.4, -0.2) is 43.0 Å². The molecule has 2 amide bonds. The molecule has 2 atom stereocenters. The second kappa shape index (κ2) is 10.9. The van der Waals surface area contributed by atoms with Gasteiger partial charge >= 0.3 is 11.9 Å². The fraction of sp³-hybridized carbons (Fsp3) is 0.444. The lowest BCUT2D eigenvalue weighted by Gasteiger charge is -2.23. The molecule has 0 heterocycles. The number of ether oxygens (including phenoxy) is 2. The molecule has 0 unspecified atom stereocenters. The Labute approximate surface area is 156 Å². The van der Waals surface area contributed by atoms with E-state index in [0.717, 1.165) is 0 Å². The summed E-state index contributed by atoms with van der Waals surface area (Å²) in [6.07, 6.45) is -0.725. The van der Waals surface area contributed by atoms with E-state index < -0.39 is 48.0 Å². The number of nitrogens with one attached hydrogen (secondary N) is 1. The van der Waals surface area contributed by atoms with E-state index >= 15 is 0 Å². The number of carbonyl (C=O) groups is 4. The maximum Gasteiger partial charge on any atom is 0.312 e. The number of benzene rings is 1. The molecule has 9 heteroatoms. The Kier molecular flexibility index (Phi) is 8.91. The van der Waals surface area contributed by atoms with Gasteiger partial charge in [0.15, 0.2) is 0 Å². The summed E-state index contributed by atoms with van der Waals surface area (Å²) in [5.74, 6) is -5.12. The van der Waals surface area contributed by atoms with Crippen LogP contribution in [0.15, 0.2) is 24.3 Å². The topological polar surface area (TPSA) is 125 Å². The Morgan fingerprint density at radius 1 is 1.15 bits per heavy atom. The molecule has 1 aromatic rings. The predicted octanol–water partition coefficient (Wildman–Crippen LogP) is 0.471. The molecule has 1 rings (SSSR count). The van der Waals surface area contributed by atoms with E-state index in [2.05, 4.69) is 5.32 Å². The normalized spacial score (nSPS) is 12.6. The van der Waals surface area contributed by atoms with Crippen molar-refractivity contribution in [1.82, 2.24) is 5.32 Å². The minimum absolute atomic E-state index is 0.0148. The first-order valence-corrected chi connectivity index (χ1v) is 8.43. The molecule has 148 valence electrons. The maximum absolute atomic E-state index is 13.2. The fourth-order valence-corrected chi connectivity index (χ4v) is 2.41. The summed E-state index contributed by atoms with van der Waals surface area (Å²) in [5.41, 5.74) is 5.68. The van der Waals surface area contributed by atoms with Crippen LogP contribution in [0.4, 0.5) is 4.39 Å². The first-order chi connectivity index (χ1) is 12.8. The van der Waals surface area contributed by atoms with Crippen molar-refractivity contribution in [2.75, 3.05) is 13.2 Å². The number of esters is 2. The summed E-state index contributed by atoms with van der Waals surface area (Å²) in [7, 11) is 0. The zero-order chi connectivity index (χ0) is 20.4. The maximum atomic E-state index is 13.2. The molecular formula is C18H23FN2O6. The second-order valence-electron chi connectivity index (χ2n) is 5.62. The highest BCUT2D eigenvalue weighted by molar-refractivity contribution is 5.93. The zero-order valence-corrected chi connectivity index (χ0v) is 15.2. The first kappa shape index (κ1) is 22.1. The number of amides is 2. The number of primary amides is 1. The van der Waals surface area contributed by atoms with Crippen molar-refractivity contribution < 1.29 is 33.0 Å². The van der Waals surface area contributed by atoms with E-state index in [0.29, 0.717) is 5.56 Å². The Hall–Kier alpha value is -2.97. The number of hydrogen-bond acceptors (Lipinski definition) is 6. The SMILES string of the molecule is CCOC(=O)C[C@@H](C(=O)OCC)[C@@H](NC(=O)Cc1cccc(F)c1)C(N)=O. The third kappa shape index (κ3) is 7.43. The molecule has 0 fully saturated rings. The fourth-order valence-electron chi connectivity index (χ4n) is 2.41. The molecule has 0 aliphatic rings. The molecule has 0 aliphatic heterocycles. The van der Waals surface area contributed by atoms with Crippen molar-refractivity contribution in [3.63, 3.8) is 0 Å². The van der Waals surface area contributed by atoms with Crippen molar-refractivity contribution >= 4 is 23.8 Å². The Morgan fingerprint density at radius 3 is 2.37 bits per heavy atom. The van der Waals surface area contributed by atoms with Crippen molar-refractivity contribution in [1.29, 1.82) is 0 Å². The van der Waals surface area contributed by atoms with Crippen molar-refractivity contribution in [2.24, 2.45) is 11.7 Å². The van der Waals surface area contributed by atoms with E-state index in [4.69, 9.17) is 15.2 Å². The summed E-state index contributed by atoms with van der Waals surface area (Å²) in [6, 6.07) is 3.88. The van der Waals surface area contributed by atoms with Gasteiger partial charge < -0.3 is 20.5 Å². The quantitative estimate of drug-likeness (QED) is 0.567. The Balaban J connectivity index is 2.94. The number of rotatable bonds is 10. The van der Waals surface area contributed by atoms with Crippen LogP contribution < -0.4 is 11.1 Å². The van der Waals surface area contributed by atoms with E-state index in [-0.39, 0.29) is 19.6 Å². The molecular weight excluding hydrogens is 359 g/mol. The highest BCUT2D eigenvalue weighted by atomic mass is 19.1. The largest absolute Gasteiger partial charge is 0.466 e. The van der Waals surface area contributed by atoms with Crippen LogP contribution >= 0.6 is 0 Å². The first-order valence-electron chi connectivity index (χ1n) is 8.43. The number of hydrogen-bond donors (Lipinski definition) is 2. The molecule has 0 bridgehead atoms. The summed E-state index contributed by atoms with van der Waals surface area (Å²) < 4.78 is 22.9. The van der Waals surface area contributed by atoms with Gasteiger partial charge in [-0.05, 0) is 31.5 Å². The van der Waals surface area contributed by atoms with Crippen LogP contribution in [0.25, 0.3) is 0 Å². The van der Waals surface area contributed by atoms with Crippen LogP contribution in [0.1, 0.15) is 25.8 Å². The van der Waals surface area contributed by atoms with Crippen molar-refractivity contribution in [3.05, 3.63) is 35.6 Å². The highest BCUT2D eigenvalue weighted by Crippen LogP contribution is 2.14. The lowest BCUT2D eigenvalue weighted by molar-refractivity contribution is -0.157. The van der Waals surface area contributed by atoms with Crippen LogP contribution in [-0.2, 0) is 35.1 Å². The lowest BCUT2D eigenvalue weighted by atomic mass is 9.95. The third-order valence-corrected chi connectivity index (χ3v) is 3.56. The average Bonchev–Trinajstić information content (AvgIpc) is 2.58. The van der Waals surface area contributed by atoms with E-state index in [9.17, 15) is 23.6 Å². The van der Waals surface area contributed by atoms with Crippen molar-refractivity contribution in [2.45, 2.75) is 32.7 Å². The number of halogens is 1. The smallest absolute Gasteiger partial charge is 0.312 e. The van der Waals surface area contributed by atoms with E-state index in [1.54, 1.807) is 13.8 Å². The minimum atomic E-state index is -1.48. The molecule has 8 nitrogen and oxygen atoms in total. The predicted molar refractivity (Wildman–Crippen MR) is 92.6 cm³/mol. The van der Waals surface area contributed by atoms with E-state index in [1.165, 1.54) is 24.3 Å². The molecule has 0 saturated heterocycles. The molecule has 0 radical (unpaired) electrons.